The van der Waals surface area contributed by atoms with Crippen molar-refractivity contribution in [3.8, 4) is 0 Å². The Morgan fingerprint density at radius 3 is 2.24 bits per heavy atom. The minimum Gasteiger partial charge on any atom is -0.353 e. The van der Waals surface area contributed by atoms with E-state index in [1.54, 1.807) is 49.3 Å². The van der Waals surface area contributed by atoms with E-state index in [1.165, 1.54) is 11.0 Å². The summed E-state index contributed by atoms with van der Waals surface area (Å²) in [6.07, 6.45) is -4.47. The first-order chi connectivity index (χ1) is 11.7. The van der Waals surface area contributed by atoms with Gasteiger partial charge in [0.2, 0.25) is 0 Å². The average Bonchev–Trinajstić information content (AvgIpc) is 2.59. The zero-order chi connectivity index (χ0) is 18.6. The molecule has 0 radical (unpaired) electrons. The third-order valence-electron chi connectivity index (χ3n) is 3.71. The summed E-state index contributed by atoms with van der Waals surface area (Å²) >= 11 is 0. The average molecular weight is 351 g/mol. The molecule has 0 unspecified atom stereocenters. The predicted molar refractivity (Wildman–Crippen MR) is 90.4 cm³/mol. The van der Waals surface area contributed by atoms with Crippen molar-refractivity contribution in [2.45, 2.75) is 19.6 Å². The van der Waals surface area contributed by atoms with E-state index >= 15 is 0 Å². The summed E-state index contributed by atoms with van der Waals surface area (Å²) in [7, 11) is 3.35. The zero-order valence-corrected chi connectivity index (χ0v) is 14.3. The van der Waals surface area contributed by atoms with Gasteiger partial charge in [-0.15, -0.1) is 0 Å². The van der Waals surface area contributed by atoms with Gasteiger partial charge in [0.15, 0.2) is 0 Å². The fraction of sp³-hybridized carbons (Fsp3) is 0.333. The molecule has 0 aliphatic carbocycles. The number of rotatable bonds is 5. The molecule has 0 aliphatic rings. The summed E-state index contributed by atoms with van der Waals surface area (Å²) in [5.74, 6) is 0.171. The van der Waals surface area contributed by atoms with Crippen molar-refractivity contribution >= 4 is 11.7 Å². The van der Waals surface area contributed by atoms with Crippen LogP contribution in [-0.2, 0) is 12.7 Å². The number of benzene rings is 1. The highest BCUT2D eigenvalue weighted by Crippen LogP contribution is 2.29. The second kappa shape index (κ2) is 7.55. The van der Waals surface area contributed by atoms with E-state index in [9.17, 15) is 18.0 Å². The molecule has 0 atom stereocenters. The Hall–Kier alpha value is -2.57. The molecular formula is C18H20F3N3O. The van der Waals surface area contributed by atoms with Crippen molar-refractivity contribution < 1.29 is 18.0 Å². The van der Waals surface area contributed by atoms with Crippen LogP contribution in [0, 0.1) is 0 Å². The molecule has 0 aliphatic heterocycles. The first kappa shape index (κ1) is 18.8. The number of carbonyl (C=O) groups excluding carboxylic acids is 1. The molecule has 134 valence electrons. The molecule has 0 saturated carbocycles. The number of alkyl halides is 3. The van der Waals surface area contributed by atoms with Crippen LogP contribution in [0.3, 0.4) is 0 Å². The van der Waals surface area contributed by atoms with Crippen LogP contribution in [0.5, 0.6) is 0 Å². The molecule has 0 N–H and O–H groups in total. The highest BCUT2D eigenvalue weighted by molar-refractivity contribution is 5.93. The standard InChI is InChI=1S/C18H20F3N3O/c1-4-24(16-7-5-6-15(22-16)18(19,20)21)12-13-8-10-14(11-9-13)17(25)23(2)3/h5-11H,4,12H2,1-3H3. The van der Waals surface area contributed by atoms with Gasteiger partial charge >= 0.3 is 6.18 Å². The Morgan fingerprint density at radius 1 is 1.08 bits per heavy atom. The van der Waals surface area contributed by atoms with Gasteiger partial charge in [0.1, 0.15) is 11.5 Å². The van der Waals surface area contributed by atoms with E-state index in [2.05, 4.69) is 4.98 Å². The topological polar surface area (TPSA) is 36.4 Å². The lowest BCUT2D eigenvalue weighted by Gasteiger charge is -2.23. The first-order valence-electron chi connectivity index (χ1n) is 7.82. The SMILES string of the molecule is CCN(Cc1ccc(C(=O)N(C)C)cc1)c1cccc(C(F)(F)F)n1. The van der Waals surface area contributed by atoms with Crippen LogP contribution < -0.4 is 4.90 Å². The summed E-state index contributed by atoms with van der Waals surface area (Å²) < 4.78 is 38.5. The summed E-state index contributed by atoms with van der Waals surface area (Å²) in [5, 5.41) is 0. The molecule has 1 aromatic heterocycles. The fourth-order valence-corrected chi connectivity index (χ4v) is 2.34. The molecular weight excluding hydrogens is 331 g/mol. The van der Waals surface area contributed by atoms with Crippen molar-refractivity contribution in [1.82, 2.24) is 9.88 Å². The van der Waals surface area contributed by atoms with Crippen LogP contribution in [0.4, 0.5) is 19.0 Å². The molecule has 2 aromatic rings. The molecule has 4 nitrogen and oxygen atoms in total. The molecule has 1 amide bonds. The third-order valence-corrected chi connectivity index (χ3v) is 3.71. The van der Waals surface area contributed by atoms with E-state index in [1.807, 2.05) is 6.92 Å². The number of pyridine rings is 1. The summed E-state index contributed by atoms with van der Waals surface area (Å²) in [5.41, 5.74) is 0.542. The summed E-state index contributed by atoms with van der Waals surface area (Å²) in [6.45, 7) is 2.76. The zero-order valence-electron chi connectivity index (χ0n) is 14.3. The minimum atomic E-state index is -4.47. The number of amides is 1. The van der Waals surface area contributed by atoms with Gasteiger partial charge in [0.05, 0.1) is 0 Å². The number of anilines is 1. The Labute approximate surface area is 144 Å². The third kappa shape index (κ3) is 4.71. The molecule has 1 heterocycles. The highest BCUT2D eigenvalue weighted by atomic mass is 19.4. The molecule has 0 saturated heterocycles. The fourth-order valence-electron chi connectivity index (χ4n) is 2.34. The molecule has 25 heavy (non-hydrogen) atoms. The largest absolute Gasteiger partial charge is 0.433 e. The van der Waals surface area contributed by atoms with E-state index in [0.717, 1.165) is 11.6 Å². The number of nitrogens with zero attached hydrogens (tertiary/aromatic N) is 3. The van der Waals surface area contributed by atoms with Crippen molar-refractivity contribution in [2.24, 2.45) is 0 Å². The van der Waals surface area contributed by atoms with Gasteiger partial charge in [-0.3, -0.25) is 4.79 Å². The maximum absolute atomic E-state index is 12.8. The number of carbonyl (C=O) groups is 1. The lowest BCUT2D eigenvalue weighted by Crippen LogP contribution is -2.24. The van der Waals surface area contributed by atoms with Crippen molar-refractivity contribution in [3.63, 3.8) is 0 Å². The van der Waals surface area contributed by atoms with Gasteiger partial charge in [-0.1, -0.05) is 18.2 Å². The van der Waals surface area contributed by atoms with E-state index < -0.39 is 11.9 Å². The Kier molecular flexibility index (Phi) is 5.66. The lowest BCUT2D eigenvalue weighted by atomic mass is 10.1. The lowest BCUT2D eigenvalue weighted by molar-refractivity contribution is -0.141. The summed E-state index contributed by atoms with van der Waals surface area (Å²) in [6, 6.07) is 10.9. The second-order valence-corrected chi connectivity index (χ2v) is 5.79. The molecule has 1 aromatic carbocycles. The predicted octanol–water partition coefficient (Wildman–Crippen LogP) is 3.83. The number of aromatic nitrogens is 1. The molecule has 0 bridgehead atoms. The van der Waals surface area contributed by atoms with Gasteiger partial charge in [-0.05, 0) is 36.8 Å². The molecule has 7 heteroatoms. The van der Waals surface area contributed by atoms with Gasteiger partial charge in [-0.25, -0.2) is 4.98 Å². The van der Waals surface area contributed by atoms with Gasteiger partial charge in [0, 0.05) is 32.7 Å². The van der Waals surface area contributed by atoms with Crippen LogP contribution in [-0.4, -0.2) is 36.4 Å². The van der Waals surface area contributed by atoms with Crippen LogP contribution >= 0.6 is 0 Å². The van der Waals surface area contributed by atoms with E-state index in [0.29, 0.717) is 18.7 Å². The van der Waals surface area contributed by atoms with Crippen molar-refractivity contribution in [2.75, 3.05) is 25.5 Å². The van der Waals surface area contributed by atoms with Gasteiger partial charge in [-0.2, -0.15) is 13.2 Å². The Balaban J connectivity index is 2.19. The monoisotopic (exact) mass is 351 g/mol. The van der Waals surface area contributed by atoms with Crippen LogP contribution in [0.15, 0.2) is 42.5 Å². The normalized spacial score (nSPS) is 11.3. The van der Waals surface area contributed by atoms with E-state index in [4.69, 9.17) is 0 Å². The first-order valence-corrected chi connectivity index (χ1v) is 7.82. The highest BCUT2D eigenvalue weighted by Gasteiger charge is 2.32. The number of hydrogen-bond donors (Lipinski definition) is 0. The van der Waals surface area contributed by atoms with Crippen LogP contribution in [0.2, 0.25) is 0 Å². The summed E-state index contributed by atoms with van der Waals surface area (Å²) in [4.78, 5) is 18.8. The molecule has 0 spiro atoms. The molecule has 0 fully saturated rings. The Bertz CT molecular complexity index is 727. The van der Waals surface area contributed by atoms with Crippen molar-refractivity contribution in [1.29, 1.82) is 0 Å². The minimum absolute atomic E-state index is 0.0987. The second-order valence-electron chi connectivity index (χ2n) is 5.79. The number of halogens is 3. The van der Waals surface area contributed by atoms with Gasteiger partial charge < -0.3 is 9.80 Å². The Morgan fingerprint density at radius 2 is 1.72 bits per heavy atom. The van der Waals surface area contributed by atoms with Crippen LogP contribution in [0.1, 0.15) is 28.5 Å². The van der Waals surface area contributed by atoms with Crippen LogP contribution in [0.25, 0.3) is 0 Å². The molecule has 2 rings (SSSR count). The van der Waals surface area contributed by atoms with Gasteiger partial charge in [0.25, 0.3) is 5.91 Å². The van der Waals surface area contributed by atoms with E-state index in [-0.39, 0.29) is 11.7 Å². The number of hydrogen-bond acceptors (Lipinski definition) is 3. The smallest absolute Gasteiger partial charge is 0.353 e. The maximum atomic E-state index is 12.8. The maximum Gasteiger partial charge on any atom is 0.433 e. The van der Waals surface area contributed by atoms with Crippen molar-refractivity contribution in [3.05, 3.63) is 59.3 Å². The quantitative estimate of drug-likeness (QED) is 0.821.